The average Bonchev–Trinajstić information content (AvgIpc) is 2.56. The topological polar surface area (TPSA) is 56.1 Å². The molecule has 6 heteroatoms. The molecule has 0 atom stereocenters. The van der Waals surface area contributed by atoms with Crippen molar-refractivity contribution in [1.29, 1.82) is 0 Å². The van der Waals surface area contributed by atoms with E-state index < -0.39 is 5.82 Å². The molecule has 2 rings (SSSR count). The smallest absolute Gasteiger partial charge is 0.150 e. The maximum atomic E-state index is 13.7. The van der Waals surface area contributed by atoms with Crippen LogP contribution in [0.4, 0.5) is 4.39 Å². The monoisotopic (exact) mass is 329 g/mol. The Balaban J connectivity index is 2.19. The summed E-state index contributed by atoms with van der Waals surface area (Å²) in [5, 5.41) is 7.95. The predicted octanol–water partition coefficient (Wildman–Crippen LogP) is 3.84. The quantitative estimate of drug-likeness (QED) is 0.597. The number of nitrogens with zero attached hydrogens (tertiary/aromatic N) is 3. The van der Waals surface area contributed by atoms with Crippen molar-refractivity contribution in [2.45, 2.75) is 27.4 Å². The molecule has 0 fully saturated rings. The summed E-state index contributed by atoms with van der Waals surface area (Å²) in [6.07, 6.45) is 1.52. The Morgan fingerprint density at radius 3 is 2.62 bits per heavy atom. The van der Waals surface area contributed by atoms with Crippen LogP contribution >= 0.6 is 0 Å². The Kier molecular flexibility index (Phi) is 6.01. The molecule has 0 saturated carbocycles. The molecule has 1 heterocycles. The van der Waals surface area contributed by atoms with Crippen LogP contribution in [-0.4, -0.2) is 23.5 Å². The molecule has 0 aliphatic heterocycles. The fourth-order valence-electron chi connectivity index (χ4n) is 2.31. The van der Waals surface area contributed by atoms with Gasteiger partial charge in [-0.05, 0) is 38.5 Å². The molecule has 1 aromatic carbocycles. The normalized spacial score (nSPS) is 12.2. The van der Waals surface area contributed by atoms with Gasteiger partial charge in [-0.3, -0.25) is 4.98 Å². The second kappa shape index (κ2) is 8.19. The Morgan fingerprint density at radius 2 is 1.92 bits per heavy atom. The lowest BCUT2D eigenvalue weighted by Gasteiger charge is -2.11. The van der Waals surface area contributed by atoms with E-state index in [4.69, 9.17) is 9.68 Å². The Morgan fingerprint density at radius 1 is 1.12 bits per heavy atom. The van der Waals surface area contributed by atoms with E-state index in [0.717, 1.165) is 22.4 Å². The second-order valence-electron chi connectivity index (χ2n) is 5.24. The molecule has 0 amide bonds. The fraction of sp³-hybridized carbons (Fsp3) is 0.278. The molecule has 0 N–H and O–H groups in total. The molecule has 1 aromatic heterocycles. The highest BCUT2D eigenvalue weighted by Gasteiger charge is 2.10. The van der Waals surface area contributed by atoms with Gasteiger partial charge >= 0.3 is 0 Å². The van der Waals surface area contributed by atoms with Crippen molar-refractivity contribution in [3.8, 4) is 0 Å². The fourth-order valence-corrected chi connectivity index (χ4v) is 2.31. The predicted molar refractivity (Wildman–Crippen MR) is 91.6 cm³/mol. The van der Waals surface area contributed by atoms with Gasteiger partial charge in [-0.25, -0.2) is 4.39 Å². The van der Waals surface area contributed by atoms with E-state index in [0.29, 0.717) is 5.71 Å². The molecule has 24 heavy (non-hydrogen) atoms. The summed E-state index contributed by atoms with van der Waals surface area (Å²) >= 11 is 0. The number of pyridine rings is 1. The van der Waals surface area contributed by atoms with E-state index in [1.165, 1.54) is 25.4 Å². The van der Waals surface area contributed by atoms with Gasteiger partial charge in [0.15, 0.2) is 5.82 Å². The lowest BCUT2D eigenvalue weighted by molar-refractivity contribution is 0.130. The van der Waals surface area contributed by atoms with Gasteiger partial charge in [0.25, 0.3) is 0 Å². The summed E-state index contributed by atoms with van der Waals surface area (Å²) in [4.78, 5) is 14.2. The highest BCUT2D eigenvalue weighted by atomic mass is 19.1. The van der Waals surface area contributed by atoms with Gasteiger partial charge in [-0.2, -0.15) is 0 Å². The lowest BCUT2D eigenvalue weighted by atomic mass is 10.00. The van der Waals surface area contributed by atoms with Gasteiger partial charge in [0, 0.05) is 17.3 Å². The summed E-state index contributed by atoms with van der Waals surface area (Å²) in [6, 6.07) is 8.74. The zero-order chi connectivity index (χ0) is 17.5. The molecule has 0 aliphatic carbocycles. The molecule has 0 bridgehead atoms. The molecular formula is C18H20FN3O2. The molecule has 0 radical (unpaired) electrons. The van der Waals surface area contributed by atoms with Crippen molar-refractivity contribution >= 4 is 11.4 Å². The highest BCUT2D eigenvalue weighted by molar-refractivity contribution is 6.00. The molecule has 2 aromatic rings. The SMILES string of the molecule is CO/N=C(/C)c1cccc(C)c1CO/N=C(\C)c1ncccc1F. The first-order chi connectivity index (χ1) is 11.5. The number of aryl methyl sites for hydroxylation is 1. The minimum Gasteiger partial charge on any atom is -0.399 e. The van der Waals surface area contributed by atoms with Crippen molar-refractivity contribution in [2.75, 3.05) is 7.11 Å². The van der Waals surface area contributed by atoms with Crippen molar-refractivity contribution < 1.29 is 14.1 Å². The number of hydrogen-bond acceptors (Lipinski definition) is 5. The molecule has 0 aliphatic rings. The Labute approximate surface area is 140 Å². The number of halogens is 1. The zero-order valence-electron chi connectivity index (χ0n) is 14.2. The van der Waals surface area contributed by atoms with Crippen molar-refractivity contribution in [1.82, 2.24) is 4.98 Å². The standard InChI is InChI=1S/C18H20FN3O2/c1-12-7-5-8-15(13(2)21-23-4)16(12)11-24-22-14(3)18-17(19)9-6-10-20-18/h5-10H,11H2,1-4H3/b21-13-,22-14+. The van der Waals surface area contributed by atoms with Crippen LogP contribution in [-0.2, 0) is 16.3 Å². The van der Waals surface area contributed by atoms with Gasteiger partial charge in [0.2, 0.25) is 0 Å². The lowest BCUT2D eigenvalue weighted by Crippen LogP contribution is -2.06. The van der Waals surface area contributed by atoms with Gasteiger partial charge < -0.3 is 9.68 Å². The van der Waals surface area contributed by atoms with Gasteiger partial charge in [-0.15, -0.1) is 0 Å². The third kappa shape index (κ3) is 4.16. The van der Waals surface area contributed by atoms with E-state index in [9.17, 15) is 4.39 Å². The van der Waals surface area contributed by atoms with E-state index in [2.05, 4.69) is 15.3 Å². The van der Waals surface area contributed by atoms with Crippen LogP contribution in [0.5, 0.6) is 0 Å². The third-order valence-electron chi connectivity index (χ3n) is 3.54. The summed E-state index contributed by atoms with van der Waals surface area (Å²) < 4.78 is 13.7. The van der Waals surface area contributed by atoms with Crippen molar-refractivity contribution in [3.05, 3.63) is 64.7 Å². The van der Waals surface area contributed by atoms with E-state index in [1.54, 1.807) is 6.92 Å². The summed E-state index contributed by atoms with van der Waals surface area (Å²) in [5.74, 6) is -0.429. The summed E-state index contributed by atoms with van der Waals surface area (Å²) in [7, 11) is 1.50. The first-order valence-electron chi connectivity index (χ1n) is 7.48. The number of benzene rings is 1. The Hall–Kier alpha value is -2.76. The van der Waals surface area contributed by atoms with E-state index in [-0.39, 0.29) is 12.3 Å². The van der Waals surface area contributed by atoms with Crippen LogP contribution in [0.1, 0.15) is 36.2 Å². The Bertz CT molecular complexity index is 773. The third-order valence-corrected chi connectivity index (χ3v) is 3.54. The van der Waals surface area contributed by atoms with Gasteiger partial charge in [0.05, 0.1) is 5.71 Å². The molecular weight excluding hydrogens is 309 g/mol. The highest BCUT2D eigenvalue weighted by Crippen LogP contribution is 2.17. The van der Waals surface area contributed by atoms with Gasteiger partial charge in [0.1, 0.15) is 25.1 Å². The summed E-state index contributed by atoms with van der Waals surface area (Å²) in [6.45, 7) is 5.74. The maximum absolute atomic E-state index is 13.7. The van der Waals surface area contributed by atoms with E-state index in [1.807, 2.05) is 32.0 Å². The van der Waals surface area contributed by atoms with Crippen LogP contribution in [0.3, 0.4) is 0 Å². The summed E-state index contributed by atoms with van der Waals surface area (Å²) in [5.41, 5.74) is 4.24. The van der Waals surface area contributed by atoms with Crippen LogP contribution in [0.25, 0.3) is 0 Å². The van der Waals surface area contributed by atoms with Crippen molar-refractivity contribution in [2.24, 2.45) is 10.3 Å². The molecule has 126 valence electrons. The maximum Gasteiger partial charge on any atom is 0.150 e. The van der Waals surface area contributed by atoms with E-state index >= 15 is 0 Å². The van der Waals surface area contributed by atoms with Crippen molar-refractivity contribution in [3.63, 3.8) is 0 Å². The number of oxime groups is 2. The van der Waals surface area contributed by atoms with Crippen LogP contribution in [0, 0.1) is 12.7 Å². The molecule has 0 saturated heterocycles. The minimum absolute atomic E-state index is 0.180. The number of rotatable bonds is 6. The first kappa shape index (κ1) is 17.6. The van der Waals surface area contributed by atoms with Crippen LogP contribution < -0.4 is 0 Å². The van der Waals surface area contributed by atoms with Crippen LogP contribution in [0.15, 0.2) is 46.8 Å². The number of hydrogen-bond donors (Lipinski definition) is 0. The average molecular weight is 329 g/mol. The zero-order valence-corrected chi connectivity index (χ0v) is 14.2. The molecule has 5 nitrogen and oxygen atoms in total. The number of aromatic nitrogens is 1. The first-order valence-corrected chi connectivity index (χ1v) is 7.48. The largest absolute Gasteiger partial charge is 0.399 e. The van der Waals surface area contributed by atoms with Crippen LogP contribution in [0.2, 0.25) is 0 Å². The molecule has 0 unspecified atom stereocenters. The second-order valence-corrected chi connectivity index (χ2v) is 5.24. The minimum atomic E-state index is -0.429. The molecule has 0 spiro atoms. The van der Waals surface area contributed by atoms with Gasteiger partial charge in [-0.1, -0.05) is 28.5 Å².